The smallest absolute Gasteiger partial charge is 0.303 e. The molecule has 15 heteroatoms. The molecule has 0 spiro atoms. The standard InChI is InChI=1S/C22H22ClN5O7S2/c1-11(29)32-10-17-19(33-12(2)30)18(28-9-16(26-27-28)21-25-4-5-36-21)20(34-13(3)31)22(35-17)37-15-6-14(23)7-24-8-15/h4-9,17-20,22H,10H2,1-3H3/t17-,18+,19+,20-,22-/m1/s1. The van der Waals surface area contributed by atoms with Crippen molar-refractivity contribution >= 4 is 52.6 Å². The molecule has 4 rings (SSSR count). The molecule has 12 nitrogen and oxygen atoms in total. The van der Waals surface area contributed by atoms with Gasteiger partial charge in [0.2, 0.25) is 0 Å². The van der Waals surface area contributed by atoms with E-state index in [9.17, 15) is 14.4 Å². The van der Waals surface area contributed by atoms with Gasteiger partial charge in [0.05, 0.1) is 11.2 Å². The van der Waals surface area contributed by atoms with Gasteiger partial charge in [0, 0.05) is 49.6 Å². The molecule has 0 aromatic carbocycles. The van der Waals surface area contributed by atoms with E-state index in [2.05, 4.69) is 20.3 Å². The Balaban J connectivity index is 1.78. The van der Waals surface area contributed by atoms with Gasteiger partial charge < -0.3 is 18.9 Å². The summed E-state index contributed by atoms with van der Waals surface area (Å²) in [7, 11) is 0. The van der Waals surface area contributed by atoms with Crippen LogP contribution in [-0.4, -0.2) is 73.2 Å². The first-order valence-electron chi connectivity index (χ1n) is 10.9. The Labute approximate surface area is 224 Å². The number of ether oxygens (including phenoxy) is 4. The van der Waals surface area contributed by atoms with Crippen molar-refractivity contribution in [1.29, 1.82) is 0 Å². The Morgan fingerprint density at radius 3 is 2.54 bits per heavy atom. The number of hydrogen-bond acceptors (Lipinski definition) is 13. The zero-order valence-electron chi connectivity index (χ0n) is 19.8. The number of carbonyl (C=O) groups is 3. The molecule has 1 fully saturated rings. The van der Waals surface area contributed by atoms with Crippen molar-refractivity contribution < 1.29 is 33.3 Å². The second-order valence-corrected chi connectivity index (χ2v) is 10.4. The summed E-state index contributed by atoms with van der Waals surface area (Å²) < 4.78 is 24.3. The second-order valence-electron chi connectivity index (χ2n) is 7.86. The maximum absolute atomic E-state index is 12.2. The van der Waals surface area contributed by atoms with Crippen LogP contribution >= 0.6 is 34.7 Å². The average molecular weight is 568 g/mol. The number of hydrogen-bond donors (Lipinski definition) is 0. The minimum Gasteiger partial charge on any atom is -0.463 e. The molecule has 0 amide bonds. The maximum Gasteiger partial charge on any atom is 0.303 e. The summed E-state index contributed by atoms with van der Waals surface area (Å²) in [5, 5.41) is 11.3. The van der Waals surface area contributed by atoms with Gasteiger partial charge in [-0.3, -0.25) is 19.4 Å². The monoisotopic (exact) mass is 567 g/mol. The van der Waals surface area contributed by atoms with Crippen LogP contribution < -0.4 is 0 Å². The van der Waals surface area contributed by atoms with E-state index in [4.69, 9.17) is 30.5 Å². The molecule has 1 aliphatic heterocycles. The summed E-state index contributed by atoms with van der Waals surface area (Å²) in [5.41, 5.74) is -0.376. The van der Waals surface area contributed by atoms with E-state index in [0.29, 0.717) is 20.6 Å². The summed E-state index contributed by atoms with van der Waals surface area (Å²) in [6.45, 7) is 3.52. The summed E-state index contributed by atoms with van der Waals surface area (Å²) in [6.07, 6.45) is 3.32. The van der Waals surface area contributed by atoms with E-state index in [1.165, 1.54) is 54.7 Å². The molecule has 1 saturated heterocycles. The van der Waals surface area contributed by atoms with E-state index in [-0.39, 0.29) is 6.61 Å². The van der Waals surface area contributed by atoms with Crippen LogP contribution in [0, 0.1) is 0 Å². The Bertz CT molecular complexity index is 1260. The van der Waals surface area contributed by atoms with Crippen LogP contribution in [0.3, 0.4) is 0 Å². The van der Waals surface area contributed by atoms with Crippen LogP contribution in [0.25, 0.3) is 10.7 Å². The molecule has 5 atom stereocenters. The summed E-state index contributed by atoms with van der Waals surface area (Å²) in [5.74, 6) is -1.74. The van der Waals surface area contributed by atoms with E-state index in [0.717, 1.165) is 0 Å². The van der Waals surface area contributed by atoms with Gasteiger partial charge in [0.15, 0.2) is 12.2 Å². The first-order valence-corrected chi connectivity index (χ1v) is 13.1. The normalized spacial score (nSPS) is 23.3. The number of aromatic nitrogens is 5. The molecule has 0 radical (unpaired) electrons. The fourth-order valence-electron chi connectivity index (χ4n) is 3.74. The van der Waals surface area contributed by atoms with Crippen LogP contribution in [0.2, 0.25) is 5.02 Å². The molecular weight excluding hydrogens is 546 g/mol. The lowest BCUT2D eigenvalue weighted by Crippen LogP contribution is -2.57. The van der Waals surface area contributed by atoms with Crippen LogP contribution in [0.1, 0.15) is 26.8 Å². The molecule has 3 aromatic heterocycles. The minimum atomic E-state index is -1.05. The number of pyridine rings is 1. The van der Waals surface area contributed by atoms with Crippen LogP contribution in [0.15, 0.2) is 41.1 Å². The third-order valence-corrected chi connectivity index (χ3v) is 7.18. The molecule has 37 heavy (non-hydrogen) atoms. The first-order chi connectivity index (χ1) is 17.7. The Morgan fingerprint density at radius 2 is 1.89 bits per heavy atom. The van der Waals surface area contributed by atoms with Crippen molar-refractivity contribution in [3.63, 3.8) is 0 Å². The highest BCUT2D eigenvalue weighted by atomic mass is 35.5. The quantitative estimate of drug-likeness (QED) is 0.291. The SMILES string of the molecule is CC(=O)OC[C@H]1O[C@H](Sc2cncc(Cl)c2)[C@H](OC(C)=O)[C@@H](n2cc(-c3nccs3)nn2)[C@H]1OC(C)=O. The molecule has 196 valence electrons. The highest BCUT2D eigenvalue weighted by molar-refractivity contribution is 7.99. The van der Waals surface area contributed by atoms with Gasteiger partial charge in [-0.2, -0.15) is 0 Å². The summed E-state index contributed by atoms with van der Waals surface area (Å²) in [6, 6.07) is 0.783. The van der Waals surface area contributed by atoms with E-state index in [1.807, 2.05) is 0 Å². The van der Waals surface area contributed by atoms with E-state index >= 15 is 0 Å². The Hall–Kier alpha value is -3.07. The number of esters is 3. The molecule has 4 heterocycles. The number of halogens is 1. The Kier molecular flexibility index (Phi) is 8.74. The fourth-order valence-corrected chi connectivity index (χ4v) is 5.70. The fraction of sp³-hybridized carbons (Fsp3) is 0.409. The zero-order chi connectivity index (χ0) is 26.5. The predicted octanol–water partition coefficient (Wildman–Crippen LogP) is 2.93. The summed E-state index contributed by atoms with van der Waals surface area (Å²) >= 11 is 8.67. The highest BCUT2D eigenvalue weighted by Crippen LogP contribution is 2.41. The lowest BCUT2D eigenvalue weighted by molar-refractivity contribution is -0.212. The van der Waals surface area contributed by atoms with Gasteiger partial charge in [-0.25, -0.2) is 9.67 Å². The zero-order valence-corrected chi connectivity index (χ0v) is 22.2. The predicted molar refractivity (Wildman–Crippen MR) is 132 cm³/mol. The van der Waals surface area contributed by atoms with E-state index in [1.54, 1.807) is 30.0 Å². The third kappa shape index (κ3) is 6.83. The topological polar surface area (TPSA) is 145 Å². The number of carbonyl (C=O) groups excluding carboxylic acids is 3. The Morgan fingerprint density at radius 1 is 1.14 bits per heavy atom. The van der Waals surface area contributed by atoms with Gasteiger partial charge in [0.1, 0.15) is 34.9 Å². The van der Waals surface area contributed by atoms with Crippen LogP contribution in [0.4, 0.5) is 0 Å². The van der Waals surface area contributed by atoms with E-state index < -0.39 is 47.7 Å². The van der Waals surface area contributed by atoms with Gasteiger partial charge in [-0.1, -0.05) is 28.6 Å². The summed E-state index contributed by atoms with van der Waals surface area (Å²) in [4.78, 5) is 44.9. The minimum absolute atomic E-state index is 0.227. The maximum atomic E-state index is 12.2. The number of thioether (sulfide) groups is 1. The van der Waals surface area contributed by atoms with Crippen molar-refractivity contribution in [3.05, 3.63) is 41.3 Å². The average Bonchev–Trinajstić information content (AvgIpc) is 3.51. The van der Waals surface area contributed by atoms with Crippen molar-refractivity contribution in [3.8, 4) is 10.7 Å². The molecule has 0 bridgehead atoms. The molecule has 1 aliphatic rings. The molecule has 0 unspecified atom stereocenters. The van der Waals surface area contributed by atoms with Crippen LogP contribution in [-0.2, 0) is 33.3 Å². The third-order valence-electron chi connectivity index (χ3n) is 5.07. The van der Waals surface area contributed by atoms with Crippen molar-refractivity contribution in [2.24, 2.45) is 0 Å². The van der Waals surface area contributed by atoms with Crippen molar-refractivity contribution in [1.82, 2.24) is 25.0 Å². The van der Waals surface area contributed by atoms with Crippen molar-refractivity contribution in [2.45, 2.75) is 55.5 Å². The second kappa shape index (κ2) is 12.0. The molecule has 0 saturated carbocycles. The number of nitrogens with zero attached hydrogens (tertiary/aromatic N) is 5. The molecule has 0 aliphatic carbocycles. The molecule has 3 aromatic rings. The van der Waals surface area contributed by atoms with Gasteiger partial charge >= 0.3 is 17.9 Å². The van der Waals surface area contributed by atoms with Crippen molar-refractivity contribution in [2.75, 3.05) is 6.61 Å². The number of rotatable bonds is 8. The molecular formula is C22H22ClN5O7S2. The van der Waals surface area contributed by atoms with Gasteiger partial charge in [0.25, 0.3) is 0 Å². The van der Waals surface area contributed by atoms with Gasteiger partial charge in [-0.05, 0) is 6.07 Å². The lowest BCUT2D eigenvalue weighted by Gasteiger charge is -2.44. The number of thiazole rings is 1. The van der Waals surface area contributed by atoms with Crippen LogP contribution in [0.5, 0.6) is 0 Å². The highest BCUT2D eigenvalue weighted by Gasteiger charge is 2.52. The molecule has 0 N–H and O–H groups in total. The first kappa shape index (κ1) is 27.0. The largest absolute Gasteiger partial charge is 0.463 e. The lowest BCUT2D eigenvalue weighted by atomic mass is 9.96. The van der Waals surface area contributed by atoms with Gasteiger partial charge in [-0.15, -0.1) is 16.4 Å².